The second-order valence-electron chi connectivity index (χ2n) is 4.86. The van der Waals surface area contributed by atoms with Crippen LogP contribution in [0.1, 0.15) is 17.2 Å². The summed E-state index contributed by atoms with van der Waals surface area (Å²) < 4.78 is 5.48. The van der Waals surface area contributed by atoms with E-state index in [0.29, 0.717) is 13.2 Å². The number of hydrogen-bond acceptors (Lipinski definition) is 4. The summed E-state index contributed by atoms with van der Waals surface area (Å²) in [5.74, 6) is 1.16. The van der Waals surface area contributed by atoms with Gasteiger partial charge in [0.25, 0.3) is 0 Å². The molecule has 0 saturated carbocycles. The molecule has 100 valence electrons. The molecule has 0 radical (unpaired) electrons. The van der Waals surface area contributed by atoms with Crippen LogP contribution >= 0.6 is 11.8 Å². The van der Waals surface area contributed by atoms with Crippen molar-refractivity contribution in [3.8, 4) is 0 Å². The van der Waals surface area contributed by atoms with Gasteiger partial charge in [-0.3, -0.25) is 0 Å². The summed E-state index contributed by atoms with van der Waals surface area (Å²) in [5, 5.41) is 10.1. The highest BCUT2D eigenvalue weighted by Crippen LogP contribution is 2.32. The Morgan fingerprint density at radius 3 is 3.06 bits per heavy atom. The molecule has 1 aromatic rings. The Labute approximate surface area is 113 Å². The average molecular weight is 267 g/mol. The van der Waals surface area contributed by atoms with E-state index < -0.39 is 6.10 Å². The molecule has 1 aliphatic heterocycles. The maximum absolute atomic E-state index is 10.1. The number of aryl methyl sites for hydroxylation is 1. The van der Waals surface area contributed by atoms with Crippen molar-refractivity contribution in [2.75, 3.05) is 39.6 Å². The molecule has 0 amide bonds. The number of fused-ring (bicyclic) bond motifs is 1. The molecule has 1 N–H and O–H groups in total. The Kier molecular flexibility index (Phi) is 5.06. The maximum atomic E-state index is 10.1. The van der Waals surface area contributed by atoms with E-state index in [4.69, 9.17) is 4.74 Å². The van der Waals surface area contributed by atoms with Crippen LogP contribution in [0.2, 0.25) is 0 Å². The molecule has 1 heterocycles. The molecule has 0 bridgehead atoms. The van der Waals surface area contributed by atoms with Crippen LogP contribution in [0.5, 0.6) is 0 Å². The molecule has 4 heteroatoms. The molecule has 0 aromatic heterocycles. The summed E-state index contributed by atoms with van der Waals surface area (Å²) >= 11 is 1.89. The third-order valence-electron chi connectivity index (χ3n) is 3.06. The first-order chi connectivity index (χ1) is 8.66. The highest BCUT2D eigenvalue weighted by molar-refractivity contribution is 7.99. The number of likely N-dealkylation sites (N-methyl/N-ethyl adjacent to an activating group) is 1. The standard InChI is InChI=1S/C14H21NO2S/c1-15(2)6-7-17-10-13(16)11-3-4-14-12(9-11)5-8-18-14/h3-4,9,13,16H,5-8,10H2,1-2H3. The maximum Gasteiger partial charge on any atom is 0.102 e. The lowest BCUT2D eigenvalue weighted by Crippen LogP contribution is -2.19. The molecular weight excluding hydrogens is 246 g/mol. The van der Waals surface area contributed by atoms with Crippen molar-refractivity contribution >= 4 is 11.8 Å². The van der Waals surface area contributed by atoms with Crippen LogP contribution in [0, 0.1) is 0 Å². The summed E-state index contributed by atoms with van der Waals surface area (Å²) in [4.78, 5) is 3.43. The molecule has 0 aliphatic carbocycles. The molecule has 0 saturated heterocycles. The minimum Gasteiger partial charge on any atom is -0.386 e. The SMILES string of the molecule is CN(C)CCOCC(O)c1ccc2c(c1)CCS2. The predicted octanol–water partition coefficient (Wildman–Crippen LogP) is 1.95. The highest BCUT2D eigenvalue weighted by atomic mass is 32.2. The molecule has 18 heavy (non-hydrogen) atoms. The minimum atomic E-state index is -0.511. The summed E-state index contributed by atoms with van der Waals surface area (Å²) in [6.45, 7) is 1.91. The summed E-state index contributed by atoms with van der Waals surface area (Å²) in [5.41, 5.74) is 2.34. The number of aliphatic hydroxyl groups excluding tert-OH is 1. The van der Waals surface area contributed by atoms with Crippen LogP contribution in [-0.2, 0) is 11.2 Å². The van der Waals surface area contributed by atoms with Crippen LogP contribution in [0.25, 0.3) is 0 Å². The van der Waals surface area contributed by atoms with Crippen molar-refractivity contribution in [1.29, 1.82) is 0 Å². The first-order valence-electron chi connectivity index (χ1n) is 6.33. The lowest BCUT2D eigenvalue weighted by molar-refractivity contribution is 0.0306. The van der Waals surface area contributed by atoms with Gasteiger partial charge in [-0.2, -0.15) is 0 Å². The topological polar surface area (TPSA) is 32.7 Å². The van der Waals surface area contributed by atoms with Gasteiger partial charge in [0.15, 0.2) is 0 Å². The number of ether oxygens (including phenoxy) is 1. The molecule has 1 aromatic carbocycles. The van der Waals surface area contributed by atoms with E-state index in [2.05, 4.69) is 17.0 Å². The van der Waals surface area contributed by atoms with Crippen molar-refractivity contribution < 1.29 is 9.84 Å². The van der Waals surface area contributed by atoms with Crippen molar-refractivity contribution in [2.45, 2.75) is 17.4 Å². The molecule has 3 nitrogen and oxygen atoms in total. The second-order valence-corrected chi connectivity index (χ2v) is 6.00. The number of aliphatic hydroxyl groups is 1. The highest BCUT2D eigenvalue weighted by Gasteiger charge is 2.14. The third-order valence-corrected chi connectivity index (χ3v) is 4.17. The molecule has 0 spiro atoms. The summed E-state index contributed by atoms with van der Waals surface area (Å²) in [7, 11) is 4.02. The second kappa shape index (κ2) is 6.57. The van der Waals surface area contributed by atoms with Crippen LogP contribution in [0.4, 0.5) is 0 Å². The fraction of sp³-hybridized carbons (Fsp3) is 0.571. The van der Waals surface area contributed by atoms with Gasteiger partial charge >= 0.3 is 0 Å². The molecular formula is C14H21NO2S. The summed E-state index contributed by atoms with van der Waals surface area (Å²) in [6, 6.07) is 6.25. The Morgan fingerprint density at radius 1 is 1.44 bits per heavy atom. The Balaban J connectivity index is 1.83. The van der Waals surface area contributed by atoms with Crippen LogP contribution in [0.3, 0.4) is 0 Å². The zero-order chi connectivity index (χ0) is 13.0. The Bertz CT molecular complexity index is 395. The lowest BCUT2D eigenvalue weighted by Gasteiger charge is -2.14. The fourth-order valence-corrected chi connectivity index (χ4v) is 3.00. The molecule has 1 atom stereocenters. The quantitative estimate of drug-likeness (QED) is 0.799. The van der Waals surface area contributed by atoms with Gasteiger partial charge in [0, 0.05) is 17.2 Å². The monoisotopic (exact) mass is 267 g/mol. The minimum absolute atomic E-state index is 0.375. The summed E-state index contributed by atoms with van der Waals surface area (Å²) in [6.07, 6.45) is 0.602. The van der Waals surface area contributed by atoms with E-state index in [-0.39, 0.29) is 0 Å². The van der Waals surface area contributed by atoms with E-state index in [1.807, 2.05) is 31.9 Å². The molecule has 0 fully saturated rings. The van der Waals surface area contributed by atoms with E-state index in [0.717, 1.165) is 24.3 Å². The molecule has 1 unspecified atom stereocenters. The fourth-order valence-electron chi connectivity index (χ4n) is 1.95. The molecule has 2 rings (SSSR count). The predicted molar refractivity (Wildman–Crippen MR) is 75.2 cm³/mol. The van der Waals surface area contributed by atoms with Crippen LogP contribution in [-0.4, -0.2) is 49.6 Å². The zero-order valence-corrected chi connectivity index (χ0v) is 11.9. The largest absolute Gasteiger partial charge is 0.386 e. The van der Waals surface area contributed by atoms with E-state index >= 15 is 0 Å². The van der Waals surface area contributed by atoms with Gasteiger partial charge < -0.3 is 14.7 Å². The van der Waals surface area contributed by atoms with Gasteiger partial charge in [0.2, 0.25) is 0 Å². The normalized spacial score (nSPS) is 16.0. The Hall–Kier alpha value is -0.550. The van der Waals surface area contributed by atoms with Gasteiger partial charge in [-0.05, 0) is 37.7 Å². The van der Waals surface area contributed by atoms with Gasteiger partial charge in [-0.15, -0.1) is 11.8 Å². The van der Waals surface area contributed by atoms with E-state index in [1.165, 1.54) is 10.5 Å². The van der Waals surface area contributed by atoms with E-state index in [9.17, 15) is 5.11 Å². The van der Waals surface area contributed by atoms with Gasteiger partial charge in [-0.25, -0.2) is 0 Å². The number of nitrogens with zero attached hydrogens (tertiary/aromatic N) is 1. The molecule has 1 aliphatic rings. The average Bonchev–Trinajstić information content (AvgIpc) is 2.81. The number of hydrogen-bond donors (Lipinski definition) is 1. The zero-order valence-electron chi connectivity index (χ0n) is 11.1. The van der Waals surface area contributed by atoms with Crippen LogP contribution in [0.15, 0.2) is 23.1 Å². The third kappa shape index (κ3) is 3.72. The van der Waals surface area contributed by atoms with Crippen molar-refractivity contribution in [1.82, 2.24) is 4.90 Å². The van der Waals surface area contributed by atoms with Crippen LogP contribution < -0.4 is 0 Å². The Morgan fingerprint density at radius 2 is 2.28 bits per heavy atom. The van der Waals surface area contributed by atoms with Gasteiger partial charge in [-0.1, -0.05) is 12.1 Å². The number of rotatable bonds is 6. The first kappa shape index (κ1) is 13.9. The van der Waals surface area contributed by atoms with Gasteiger partial charge in [0.05, 0.1) is 13.2 Å². The number of benzene rings is 1. The van der Waals surface area contributed by atoms with Gasteiger partial charge in [0.1, 0.15) is 6.10 Å². The van der Waals surface area contributed by atoms with Crippen molar-refractivity contribution in [3.05, 3.63) is 29.3 Å². The van der Waals surface area contributed by atoms with Crippen molar-refractivity contribution in [2.24, 2.45) is 0 Å². The van der Waals surface area contributed by atoms with E-state index in [1.54, 1.807) is 0 Å². The van der Waals surface area contributed by atoms with Crippen molar-refractivity contribution in [3.63, 3.8) is 0 Å². The first-order valence-corrected chi connectivity index (χ1v) is 7.31. The number of thioether (sulfide) groups is 1. The smallest absolute Gasteiger partial charge is 0.102 e. The lowest BCUT2D eigenvalue weighted by atomic mass is 10.1.